The first-order valence-corrected chi connectivity index (χ1v) is 7.40. The molecule has 3 rings (SSSR count). The molecular formula is C16H16N4O3. The molecule has 2 aromatic heterocycles. The number of nitrogens with one attached hydrogen (secondary N) is 1. The fourth-order valence-corrected chi connectivity index (χ4v) is 3.13. The molecule has 0 aliphatic carbocycles. The van der Waals surface area contributed by atoms with Crippen molar-refractivity contribution in [2.75, 3.05) is 0 Å². The molecule has 0 aromatic carbocycles. The highest BCUT2D eigenvalue weighted by Crippen LogP contribution is 2.14. The minimum atomic E-state index is -0.677. The molecule has 2 aromatic rings. The van der Waals surface area contributed by atoms with Crippen LogP contribution in [0.4, 0.5) is 0 Å². The number of carbonyl (C=O) groups is 1. The normalized spacial score (nSPS) is 12.9. The minimum Gasteiger partial charge on any atom is -0.362 e. The first-order valence-electron chi connectivity index (χ1n) is 7.40. The van der Waals surface area contributed by atoms with Gasteiger partial charge in [-0.3, -0.25) is 18.7 Å². The summed E-state index contributed by atoms with van der Waals surface area (Å²) in [4.78, 5) is 40.3. The zero-order chi connectivity index (χ0) is 16.7. The van der Waals surface area contributed by atoms with Gasteiger partial charge in [0.2, 0.25) is 0 Å². The first kappa shape index (κ1) is 15.0. The van der Waals surface area contributed by atoms with Crippen molar-refractivity contribution in [3.63, 3.8) is 0 Å². The fourth-order valence-electron chi connectivity index (χ4n) is 3.13. The third-order valence-electron chi connectivity index (χ3n) is 4.19. The van der Waals surface area contributed by atoms with Gasteiger partial charge in [0.05, 0.1) is 6.54 Å². The topological polar surface area (TPSA) is 101 Å². The SMILES string of the molecule is Cc1cc(C(=O)Cn2c(=O)c(C#N)c3n(c2=O)CCC3)c(C)[nH]1. The van der Waals surface area contributed by atoms with Crippen molar-refractivity contribution >= 4 is 5.78 Å². The number of fused-ring (bicyclic) bond motifs is 1. The maximum Gasteiger partial charge on any atom is 0.331 e. The van der Waals surface area contributed by atoms with Gasteiger partial charge < -0.3 is 4.98 Å². The Morgan fingerprint density at radius 3 is 2.74 bits per heavy atom. The van der Waals surface area contributed by atoms with Gasteiger partial charge in [-0.05, 0) is 32.8 Å². The van der Waals surface area contributed by atoms with Crippen LogP contribution in [-0.2, 0) is 19.5 Å². The van der Waals surface area contributed by atoms with Crippen LogP contribution >= 0.6 is 0 Å². The van der Waals surface area contributed by atoms with E-state index in [0.29, 0.717) is 29.9 Å². The standard InChI is InChI=1S/C16H16N4O3/c1-9-6-11(10(2)18-9)14(21)8-20-15(22)12(7-17)13-4-3-5-19(13)16(20)23/h6,18H,3-5,8H2,1-2H3. The van der Waals surface area contributed by atoms with Gasteiger partial charge in [-0.2, -0.15) is 5.26 Å². The van der Waals surface area contributed by atoms with Crippen LogP contribution < -0.4 is 11.2 Å². The second kappa shape index (κ2) is 5.39. The van der Waals surface area contributed by atoms with E-state index < -0.39 is 11.2 Å². The average Bonchev–Trinajstić information content (AvgIpc) is 3.10. The maximum atomic E-state index is 12.5. The predicted octanol–water partition coefficient (Wildman–Crippen LogP) is 0.656. The van der Waals surface area contributed by atoms with E-state index in [1.54, 1.807) is 13.0 Å². The van der Waals surface area contributed by atoms with Crippen molar-refractivity contribution in [1.29, 1.82) is 5.26 Å². The average molecular weight is 312 g/mol. The van der Waals surface area contributed by atoms with Gasteiger partial charge in [0.25, 0.3) is 5.56 Å². The molecule has 0 saturated heterocycles. The van der Waals surface area contributed by atoms with E-state index in [4.69, 9.17) is 0 Å². The van der Waals surface area contributed by atoms with Crippen molar-refractivity contribution in [3.8, 4) is 6.07 Å². The highest BCUT2D eigenvalue weighted by atomic mass is 16.2. The number of Topliss-reactive ketones (excluding diaryl/α,β-unsaturated/α-hetero) is 1. The van der Waals surface area contributed by atoms with Crippen LogP contribution in [0.1, 0.15) is 39.4 Å². The van der Waals surface area contributed by atoms with E-state index in [9.17, 15) is 19.6 Å². The third-order valence-corrected chi connectivity index (χ3v) is 4.19. The molecule has 0 saturated carbocycles. The highest BCUT2D eigenvalue weighted by molar-refractivity contribution is 5.97. The summed E-state index contributed by atoms with van der Waals surface area (Å²) in [5.74, 6) is -0.325. The van der Waals surface area contributed by atoms with E-state index >= 15 is 0 Å². The van der Waals surface area contributed by atoms with E-state index in [2.05, 4.69) is 4.98 Å². The number of ketones is 1. The Balaban J connectivity index is 2.10. The summed E-state index contributed by atoms with van der Waals surface area (Å²) in [5, 5.41) is 9.23. The van der Waals surface area contributed by atoms with E-state index in [0.717, 1.165) is 16.7 Å². The summed E-state index contributed by atoms with van der Waals surface area (Å²) in [6.07, 6.45) is 1.26. The van der Waals surface area contributed by atoms with E-state index in [1.807, 2.05) is 13.0 Å². The summed E-state index contributed by atoms with van der Waals surface area (Å²) < 4.78 is 2.31. The summed E-state index contributed by atoms with van der Waals surface area (Å²) in [5.41, 5.74) is 1.25. The van der Waals surface area contributed by atoms with Crippen molar-refractivity contribution in [2.45, 2.75) is 39.8 Å². The van der Waals surface area contributed by atoms with Crippen LogP contribution in [0, 0.1) is 25.2 Å². The summed E-state index contributed by atoms with van der Waals surface area (Å²) in [6.45, 7) is 3.71. The highest BCUT2D eigenvalue weighted by Gasteiger charge is 2.24. The second-order valence-corrected chi connectivity index (χ2v) is 5.78. The van der Waals surface area contributed by atoms with Crippen LogP contribution in [0.2, 0.25) is 0 Å². The number of aromatic amines is 1. The lowest BCUT2D eigenvalue weighted by molar-refractivity contribution is 0.0968. The lowest BCUT2D eigenvalue weighted by Crippen LogP contribution is -2.43. The van der Waals surface area contributed by atoms with E-state index in [-0.39, 0.29) is 17.9 Å². The molecule has 1 aliphatic heterocycles. The largest absolute Gasteiger partial charge is 0.362 e. The quantitative estimate of drug-likeness (QED) is 0.841. The molecule has 3 heterocycles. The zero-order valence-corrected chi connectivity index (χ0v) is 13.0. The van der Waals surface area contributed by atoms with Gasteiger partial charge in [-0.25, -0.2) is 4.79 Å². The number of hydrogen-bond acceptors (Lipinski definition) is 4. The molecule has 1 aliphatic rings. The van der Waals surface area contributed by atoms with Crippen molar-refractivity contribution in [3.05, 3.63) is 55.1 Å². The fraction of sp³-hybridized carbons (Fsp3) is 0.375. The number of aromatic nitrogens is 3. The predicted molar refractivity (Wildman–Crippen MR) is 82.6 cm³/mol. The number of nitrogens with zero attached hydrogens (tertiary/aromatic N) is 3. The van der Waals surface area contributed by atoms with Crippen LogP contribution in [-0.4, -0.2) is 19.9 Å². The molecule has 118 valence electrons. The molecule has 0 unspecified atom stereocenters. The number of nitriles is 1. The van der Waals surface area contributed by atoms with Crippen LogP contribution in [0.15, 0.2) is 15.7 Å². The van der Waals surface area contributed by atoms with Gasteiger partial charge in [0.1, 0.15) is 11.6 Å². The Kier molecular flexibility index (Phi) is 3.52. The molecule has 0 atom stereocenters. The number of H-pyrrole nitrogens is 1. The number of rotatable bonds is 3. The van der Waals surface area contributed by atoms with Crippen LogP contribution in [0.3, 0.4) is 0 Å². The summed E-state index contributed by atoms with van der Waals surface area (Å²) >= 11 is 0. The van der Waals surface area contributed by atoms with Crippen molar-refractivity contribution in [2.24, 2.45) is 0 Å². The summed E-state index contributed by atoms with van der Waals surface area (Å²) in [7, 11) is 0. The summed E-state index contributed by atoms with van der Waals surface area (Å²) in [6, 6.07) is 3.57. The molecule has 23 heavy (non-hydrogen) atoms. The Morgan fingerprint density at radius 1 is 1.39 bits per heavy atom. The zero-order valence-electron chi connectivity index (χ0n) is 13.0. The van der Waals surface area contributed by atoms with Gasteiger partial charge >= 0.3 is 5.69 Å². The third kappa shape index (κ3) is 2.32. The van der Waals surface area contributed by atoms with Gasteiger partial charge in [-0.15, -0.1) is 0 Å². The molecule has 0 radical (unpaired) electrons. The molecule has 0 fully saturated rings. The van der Waals surface area contributed by atoms with Crippen LogP contribution in [0.5, 0.6) is 0 Å². The van der Waals surface area contributed by atoms with Gasteiger partial charge in [-0.1, -0.05) is 0 Å². The Labute approximate surface area is 131 Å². The molecule has 7 nitrogen and oxygen atoms in total. The number of carbonyl (C=O) groups excluding carboxylic acids is 1. The smallest absolute Gasteiger partial charge is 0.331 e. The van der Waals surface area contributed by atoms with Gasteiger partial charge in [0, 0.05) is 29.2 Å². The molecule has 0 spiro atoms. The van der Waals surface area contributed by atoms with Crippen molar-refractivity contribution in [1.82, 2.24) is 14.1 Å². The first-order chi connectivity index (χ1) is 10.9. The molecule has 0 amide bonds. The van der Waals surface area contributed by atoms with E-state index in [1.165, 1.54) is 4.57 Å². The lowest BCUT2D eigenvalue weighted by Gasteiger charge is -2.10. The monoisotopic (exact) mass is 312 g/mol. The Hall–Kier alpha value is -2.88. The second-order valence-electron chi connectivity index (χ2n) is 5.78. The maximum absolute atomic E-state index is 12.5. The molecular weight excluding hydrogens is 296 g/mol. The number of aryl methyl sites for hydroxylation is 2. The molecule has 7 heteroatoms. The molecule has 1 N–H and O–H groups in total. The minimum absolute atomic E-state index is 0.0307. The van der Waals surface area contributed by atoms with Gasteiger partial charge in [0.15, 0.2) is 5.78 Å². The Morgan fingerprint density at radius 2 is 2.13 bits per heavy atom. The Bertz CT molecular complexity index is 969. The lowest BCUT2D eigenvalue weighted by atomic mass is 10.1. The van der Waals surface area contributed by atoms with Crippen molar-refractivity contribution < 1.29 is 4.79 Å². The van der Waals surface area contributed by atoms with Crippen LogP contribution in [0.25, 0.3) is 0 Å². The molecule has 0 bridgehead atoms. The number of hydrogen-bond donors (Lipinski definition) is 1.